The van der Waals surface area contributed by atoms with Crippen LogP contribution in [0.3, 0.4) is 0 Å². The lowest BCUT2D eigenvalue weighted by Crippen LogP contribution is -2.54. The number of hydrogen-bond donors (Lipinski definition) is 4. The van der Waals surface area contributed by atoms with Gasteiger partial charge in [0.25, 0.3) is 0 Å². The van der Waals surface area contributed by atoms with Crippen molar-refractivity contribution in [3.8, 4) is 0 Å². The van der Waals surface area contributed by atoms with Gasteiger partial charge in [-0.2, -0.15) is 0 Å². The summed E-state index contributed by atoms with van der Waals surface area (Å²) in [5, 5.41) is 13.4. The van der Waals surface area contributed by atoms with E-state index < -0.39 is 41.9 Å². The molecular weight excluding hydrogens is 306 g/mol. The lowest BCUT2D eigenvalue weighted by molar-refractivity contribution is -0.146. The third-order valence-corrected chi connectivity index (χ3v) is 3.18. The largest absolute Gasteiger partial charge is 0.481 e. The van der Waals surface area contributed by atoms with E-state index in [0.717, 1.165) is 0 Å². The van der Waals surface area contributed by atoms with Crippen molar-refractivity contribution < 1.29 is 29.0 Å². The third-order valence-electron chi connectivity index (χ3n) is 3.18. The fraction of sp³-hybridized carbons (Fsp3) is 0.714. The number of rotatable bonds is 9. The van der Waals surface area contributed by atoms with Gasteiger partial charge in [-0.15, -0.1) is 0 Å². The highest BCUT2D eigenvalue weighted by Gasteiger charge is 2.28. The molecule has 3 unspecified atom stereocenters. The van der Waals surface area contributed by atoms with Crippen molar-refractivity contribution in [2.45, 2.75) is 51.7 Å². The van der Waals surface area contributed by atoms with Crippen molar-refractivity contribution in [1.82, 2.24) is 10.6 Å². The van der Waals surface area contributed by atoms with Crippen molar-refractivity contribution >= 4 is 23.8 Å². The minimum Gasteiger partial charge on any atom is -0.481 e. The van der Waals surface area contributed by atoms with Crippen LogP contribution in [-0.4, -0.2) is 54.1 Å². The Labute approximate surface area is 134 Å². The number of carboxylic acid groups (broad SMARTS) is 1. The molecule has 3 atom stereocenters. The van der Waals surface area contributed by atoms with E-state index in [2.05, 4.69) is 15.4 Å². The van der Waals surface area contributed by atoms with Crippen LogP contribution >= 0.6 is 0 Å². The number of hydrogen-bond acceptors (Lipinski definition) is 6. The van der Waals surface area contributed by atoms with Gasteiger partial charge in [0.15, 0.2) is 0 Å². The van der Waals surface area contributed by atoms with Crippen molar-refractivity contribution in [2.24, 2.45) is 11.7 Å². The number of esters is 1. The highest BCUT2D eigenvalue weighted by Crippen LogP contribution is 2.04. The Morgan fingerprint density at radius 2 is 1.65 bits per heavy atom. The molecule has 0 aromatic rings. The van der Waals surface area contributed by atoms with Crippen molar-refractivity contribution in [3.63, 3.8) is 0 Å². The smallest absolute Gasteiger partial charge is 0.328 e. The van der Waals surface area contributed by atoms with Gasteiger partial charge in [0.1, 0.15) is 12.1 Å². The molecule has 0 saturated heterocycles. The highest BCUT2D eigenvalue weighted by molar-refractivity contribution is 5.91. The summed E-state index contributed by atoms with van der Waals surface area (Å²) in [5.74, 6) is -3.02. The second kappa shape index (κ2) is 9.78. The molecule has 0 saturated carbocycles. The summed E-state index contributed by atoms with van der Waals surface area (Å²) in [4.78, 5) is 45.8. The molecule has 23 heavy (non-hydrogen) atoms. The number of ether oxygens (including phenoxy) is 1. The van der Waals surface area contributed by atoms with Crippen LogP contribution in [0.5, 0.6) is 0 Å². The van der Waals surface area contributed by atoms with Gasteiger partial charge >= 0.3 is 11.9 Å². The van der Waals surface area contributed by atoms with E-state index in [-0.39, 0.29) is 18.8 Å². The van der Waals surface area contributed by atoms with Crippen LogP contribution < -0.4 is 16.4 Å². The topological polar surface area (TPSA) is 148 Å². The first-order chi connectivity index (χ1) is 10.6. The lowest BCUT2D eigenvalue weighted by Gasteiger charge is -2.23. The Bertz CT molecular complexity index is 452. The average Bonchev–Trinajstić information content (AvgIpc) is 2.48. The molecule has 0 spiro atoms. The van der Waals surface area contributed by atoms with Gasteiger partial charge in [0, 0.05) is 6.42 Å². The second-order valence-corrected chi connectivity index (χ2v) is 5.52. The van der Waals surface area contributed by atoms with Crippen LogP contribution in [0.25, 0.3) is 0 Å². The zero-order valence-corrected chi connectivity index (χ0v) is 13.8. The summed E-state index contributed by atoms with van der Waals surface area (Å²) in [6.07, 6.45) is -0.279. The molecule has 0 aromatic heterocycles. The number of aliphatic carboxylic acids is 1. The van der Waals surface area contributed by atoms with E-state index in [4.69, 9.17) is 10.8 Å². The first kappa shape index (κ1) is 20.8. The molecule has 0 radical (unpaired) electrons. The summed E-state index contributed by atoms with van der Waals surface area (Å²) in [7, 11) is 1.22. The maximum atomic E-state index is 12.0. The molecule has 9 heteroatoms. The Morgan fingerprint density at radius 3 is 2.09 bits per heavy atom. The second-order valence-electron chi connectivity index (χ2n) is 5.52. The molecule has 0 aliphatic heterocycles. The van der Waals surface area contributed by atoms with Gasteiger partial charge in [0.05, 0.1) is 13.2 Å². The van der Waals surface area contributed by atoms with Crippen LogP contribution in [0, 0.1) is 5.92 Å². The van der Waals surface area contributed by atoms with Crippen molar-refractivity contribution in [2.75, 3.05) is 7.11 Å². The fourth-order valence-corrected chi connectivity index (χ4v) is 1.70. The van der Waals surface area contributed by atoms with E-state index in [1.165, 1.54) is 14.0 Å². The summed E-state index contributed by atoms with van der Waals surface area (Å²) < 4.78 is 4.61. The molecule has 0 bridgehead atoms. The lowest BCUT2D eigenvalue weighted by atomic mass is 10.0. The van der Waals surface area contributed by atoms with Crippen molar-refractivity contribution in [1.29, 1.82) is 0 Å². The minimum absolute atomic E-state index is 0.0354. The zero-order chi connectivity index (χ0) is 18.2. The van der Waals surface area contributed by atoms with Crippen molar-refractivity contribution in [3.05, 3.63) is 0 Å². The minimum atomic E-state index is -1.06. The molecule has 2 amide bonds. The van der Waals surface area contributed by atoms with Crippen LogP contribution in [0.15, 0.2) is 0 Å². The van der Waals surface area contributed by atoms with Crippen LogP contribution in [0.1, 0.15) is 33.6 Å². The standard InChI is InChI=1S/C14H25N3O6/c1-7(2)11(14(22)23-4)17-12(20)8(3)16-13(21)9(15)5-6-10(18)19/h7-9,11H,5-6,15H2,1-4H3,(H,16,21)(H,17,20)(H,18,19). The molecule has 0 aliphatic rings. The van der Waals surface area contributed by atoms with Crippen LogP contribution in [0.2, 0.25) is 0 Å². The maximum Gasteiger partial charge on any atom is 0.328 e. The third kappa shape index (κ3) is 7.59. The average molecular weight is 331 g/mol. The maximum absolute atomic E-state index is 12.0. The Hall–Kier alpha value is -2.16. The van der Waals surface area contributed by atoms with Gasteiger partial charge in [0.2, 0.25) is 11.8 Å². The number of amides is 2. The monoisotopic (exact) mass is 331 g/mol. The Balaban J connectivity index is 4.56. The van der Waals surface area contributed by atoms with Gasteiger partial charge in [-0.3, -0.25) is 14.4 Å². The number of nitrogens with one attached hydrogen (secondary N) is 2. The number of methoxy groups -OCH3 is 1. The van der Waals surface area contributed by atoms with E-state index in [0.29, 0.717) is 0 Å². The molecule has 0 fully saturated rings. The highest BCUT2D eigenvalue weighted by atomic mass is 16.5. The number of nitrogens with two attached hydrogens (primary N) is 1. The summed E-state index contributed by atoms with van der Waals surface area (Å²) in [5.41, 5.74) is 5.55. The van der Waals surface area contributed by atoms with Gasteiger partial charge in [-0.25, -0.2) is 4.79 Å². The quantitative estimate of drug-likeness (QED) is 0.396. The molecule has 0 heterocycles. The van der Waals surface area contributed by atoms with E-state index >= 15 is 0 Å². The Kier molecular flexibility index (Phi) is 8.86. The van der Waals surface area contributed by atoms with Crippen LogP contribution in [-0.2, 0) is 23.9 Å². The molecule has 0 rings (SSSR count). The first-order valence-electron chi connectivity index (χ1n) is 7.26. The van der Waals surface area contributed by atoms with Gasteiger partial charge in [-0.05, 0) is 19.3 Å². The number of carbonyl (C=O) groups excluding carboxylic acids is 3. The SMILES string of the molecule is COC(=O)C(NC(=O)C(C)NC(=O)C(N)CCC(=O)O)C(C)C. The predicted octanol–water partition coefficient (Wildman–Crippen LogP) is -1.00. The zero-order valence-electron chi connectivity index (χ0n) is 13.8. The van der Waals surface area contributed by atoms with Gasteiger partial charge < -0.3 is 26.2 Å². The molecule has 132 valence electrons. The fourth-order valence-electron chi connectivity index (χ4n) is 1.70. The van der Waals surface area contributed by atoms with E-state index in [1.807, 2.05) is 0 Å². The number of carbonyl (C=O) groups is 4. The van der Waals surface area contributed by atoms with E-state index in [9.17, 15) is 19.2 Å². The van der Waals surface area contributed by atoms with Crippen LogP contribution in [0.4, 0.5) is 0 Å². The summed E-state index contributed by atoms with van der Waals surface area (Å²) in [6, 6.07) is -2.78. The molecule has 9 nitrogen and oxygen atoms in total. The summed E-state index contributed by atoms with van der Waals surface area (Å²) >= 11 is 0. The molecule has 5 N–H and O–H groups in total. The normalized spacial score (nSPS) is 14.5. The van der Waals surface area contributed by atoms with E-state index in [1.54, 1.807) is 13.8 Å². The molecule has 0 aliphatic carbocycles. The Morgan fingerprint density at radius 1 is 1.09 bits per heavy atom. The van der Waals surface area contributed by atoms with Gasteiger partial charge in [-0.1, -0.05) is 13.8 Å². The summed E-state index contributed by atoms with van der Waals surface area (Å²) in [6.45, 7) is 4.92. The molecular formula is C14H25N3O6. The predicted molar refractivity (Wildman–Crippen MR) is 81.2 cm³/mol. The number of carboxylic acids is 1. The first-order valence-corrected chi connectivity index (χ1v) is 7.26. The molecule has 0 aromatic carbocycles.